The molecule has 1 N–H and O–H groups in total. The van der Waals surface area contributed by atoms with Crippen LogP contribution in [-0.2, 0) is 9.53 Å². The third-order valence-electron chi connectivity index (χ3n) is 5.68. The first-order valence-corrected chi connectivity index (χ1v) is 13.8. The summed E-state index contributed by atoms with van der Waals surface area (Å²) in [5.41, 5.74) is 0. The smallest absolute Gasteiger partial charge is 0.329 e. The Hall–Kier alpha value is -2.62. The van der Waals surface area contributed by atoms with Crippen molar-refractivity contribution in [1.29, 1.82) is 0 Å². The first-order chi connectivity index (χ1) is 15.7. The average Bonchev–Trinajstić information content (AvgIpc) is 3.29. The lowest BCUT2D eigenvalue weighted by Gasteiger charge is -2.27. The minimum Gasteiger partial charge on any atom is -0.464 e. The van der Waals surface area contributed by atoms with E-state index in [1.54, 1.807) is 0 Å². The molecule has 0 spiro atoms. The fraction of sp³-hybridized carbons (Fsp3) is 0.231. The molecule has 1 amide bonds. The number of rotatable bonds is 9. The number of esters is 1. The van der Waals surface area contributed by atoms with Crippen LogP contribution in [0, 0.1) is 0 Å². The molecule has 0 aromatic heterocycles. The molecule has 0 aliphatic carbocycles. The lowest BCUT2D eigenvalue weighted by molar-refractivity contribution is -0.145. The van der Waals surface area contributed by atoms with E-state index in [0.717, 1.165) is 30.8 Å². The maximum absolute atomic E-state index is 12.2. The normalized spacial score (nSPS) is 15.9. The Morgan fingerprint density at radius 3 is 1.78 bits per heavy atom. The van der Waals surface area contributed by atoms with Gasteiger partial charge in [-0.2, -0.15) is 0 Å². The summed E-state index contributed by atoms with van der Waals surface area (Å²) in [6.45, 7) is 0.369. The van der Waals surface area contributed by atoms with Gasteiger partial charge in [0.15, 0.2) is 0 Å². The molecule has 3 aromatic carbocycles. The maximum Gasteiger partial charge on any atom is 0.329 e. The molecular formula is C26H27NO3PS+. The van der Waals surface area contributed by atoms with Crippen LogP contribution in [0.2, 0.25) is 0 Å². The fourth-order valence-electron chi connectivity index (χ4n) is 4.12. The molecule has 4 nitrogen and oxygen atoms in total. The number of carbonyl (C=O) groups is 2. The highest BCUT2D eigenvalue weighted by molar-refractivity contribution is 8.14. The highest BCUT2D eigenvalue weighted by Crippen LogP contribution is 2.55. The molecule has 0 radical (unpaired) electrons. The Kier molecular flexibility index (Phi) is 7.62. The van der Waals surface area contributed by atoms with E-state index in [0.29, 0.717) is 12.4 Å². The number of carbonyl (C=O) groups excluding carboxylic acids is 2. The number of amides is 1. The zero-order valence-electron chi connectivity index (χ0n) is 17.9. The van der Waals surface area contributed by atoms with Crippen LogP contribution in [0.5, 0.6) is 0 Å². The lowest BCUT2D eigenvalue weighted by Crippen LogP contribution is -2.36. The number of unbranched alkanes of at least 4 members (excludes halogenated alkanes) is 1. The van der Waals surface area contributed by atoms with E-state index in [-0.39, 0.29) is 11.2 Å². The summed E-state index contributed by atoms with van der Waals surface area (Å²) >= 11 is 1.13. The molecule has 1 saturated heterocycles. The van der Waals surface area contributed by atoms with Crippen molar-refractivity contribution >= 4 is 46.1 Å². The molecule has 0 bridgehead atoms. The van der Waals surface area contributed by atoms with Crippen molar-refractivity contribution < 1.29 is 14.3 Å². The summed E-state index contributed by atoms with van der Waals surface area (Å²) in [7, 11) is -1.85. The van der Waals surface area contributed by atoms with Gasteiger partial charge in [-0.25, -0.2) is 4.79 Å². The zero-order valence-corrected chi connectivity index (χ0v) is 19.6. The number of nitrogens with one attached hydrogen (secondary N) is 1. The van der Waals surface area contributed by atoms with Crippen molar-refractivity contribution in [3.05, 3.63) is 91.0 Å². The van der Waals surface area contributed by atoms with Gasteiger partial charge in [0.1, 0.15) is 29.2 Å². The van der Waals surface area contributed by atoms with Crippen molar-refractivity contribution in [3.8, 4) is 0 Å². The topological polar surface area (TPSA) is 55.4 Å². The Morgan fingerprint density at radius 1 is 0.844 bits per heavy atom. The third kappa shape index (κ3) is 5.06. The highest BCUT2D eigenvalue weighted by Gasteiger charge is 2.44. The van der Waals surface area contributed by atoms with Gasteiger partial charge in [-0.15, -0.1) is 0 Å². The van der Waals surface area contributed by atoms with Crippen molar-refractivity contribution in [2.75, 3.05) is 18.5 Å². The summed E-state index contributed by atoms with van der Waals surface area (Å²) in [6.07, 6.45) is 2.72. The Morgan fingerprint density at radius 2 is 1.34 bits per heavy atom. The van der Waals surface area contributed by atoms with Crippen LogP contribution >= 0.6 is 19.0 Å². The van der Waals surface area contributed by atoms with E-state index >= 15 is 0 Å². The van der Waals surface area contributed by atoms with Crippen LogP contribution in [0.25, 0.3) is 0 Å². The average molecular weight is 465 g/mol. The SMILES string of the molecule is O=C1N[C@H](C(=O)OCCCC[P+](c2ccccc2)(c2ccccc2)c2ccccc2)CS1. The second kappa shape index (κ2) is 10.8. The largest absolute Gasteiger partial charge is 0.464 e. The van der Waals surface area contributed by atoms with Crippen LogP contribution < -0.4 is 21.2 Å². The highest BCUT2D eigenvalue weighted by atomic mass is 32.2. The summed E-state index contributed by atoms with van der Waals surface area (Å²) in [5.74, 6) is 0.112. The predicted molar refractivity (Wildman–Crippen MR) is 135 cm³/mol. The predicted octanol–water partition coefficient (Wildman–Crippen LogP) is 4.13. The van der Waals surface area contributed by atoms with Gasteiger partial charge in [-0.1, -0.05) is 66.4 Å². The number of ether oxygens (including phenoxy) is 1. The Labute approximate surface area is 194 Å². The number of thioether (sulfide) groups is 1. The Balaban J connectivity index is 1.52. The molecule has 164 valence electrons. The molecule has 0 unspecified atom stereocenters. The van der Waals surface area contributed by atoms with Crippen molar-refractivity contribution in [2.45, 2.75) is 18.9 Å². The van der Waals surface area contributed by atoms with Gasteiger partial charge in [0, 0.05) is 5.75 Å². The van der Waals surface area contributed by atoms with E-state index in [1.165, 1.54) is 15.9 Å². The first-order valence-electron chi connectivity index (χ1n) is 10.8. The number of hydrogen-bond acceptors (Lipinski definition) is 4. The maximum atomic E-state index is 12.2. The second-order valence-corrected chi connectivity index (χ2v) is 12.3. The molecule has 0 saturated carbocycles. The monoisotopic (exact) mass is 464 g/mol. The van der Waals surface area contributed by atoms with Gasteiger partial charge in [0.2, 0.25) is 0 Å². The van der Waals surface area contributed by atoms with Crippen LogP contribution in [0.4, 0.5) is 4.79 Å². The van der Waals surface area contributed by atoms with E-state index in [9.17, 15) is 9.59 Å². The zero-order chi connectivity index (χ0) is 22.2. The van der Waals surface area contributed by atoms with Gasteiger partial charge < -0.3 is 10.1 Å². The second-order valence-electron chi connectivity index (χ2n) is 7.71. The fourth-order valence-corrected chi connectivity index (χ4v) is 9.29. The molecule has 1 aliphatic heterocycles. The molecule has 1 fully saturated rings. The van der Waals surface area contributed by atoms with E-state index in [2.05, 4.69) is 96.3 Å². The summed E-state index contributed by atoms with van der Waals surface area (Å²) in [6, 6.07) is 31.8. The van der Waals surface area contributed by atoms with Crippen LogP contribution in [-0.4, -0.2) is 35.8 Å². The summed E-state index contributed by atoms with van der Waals surface area (Å²) in [5, 5.41) is 6.56. The van der Waals surface area contributed by atoms with Crippen molar-refractivity contribution in [2.24, 2.45) is 0 Å². The molecule has 32 heavy (non-hydrogen) atoms. The van der Waals surface area contributed by atoms with Gasteiger partial charge >= 0.3 is 5.97 Å². The quantitative estimate of drug-likeness (QED) is 0.294. The minimum atomic E-state index is -1.85. The molecule has 1 atom stereocenters. The van der Waals surface area contributed by atoms with Crippen LogP contribution in [0.3, 0.4) is 0 Å². The van der Waals surface area contributed by atoms with Gasteiger partial charge in [0.05, 0.1) is 12.8 Å². The summed E-state index contributed by atoms with van der Waals surface area (Å²) < 4.78 is 5.45. The molecule has 3 aromatic rings. The van der Waals surface area contributed by atoms with E-state index < -0.39 is 13.3 Å². The van der Waals surface area contributed by atoms with Crippen molar-refractivity contribution in [1.82, 2.24) is 5.32 Å². The van der Waals surface area contributed by atoms with E-state index in [1.807, 2.05) is 0 Å². The number of benzene rings is 3. The van der Waals surface area contributed by atoms with Crippen LogP contribution in [0.1, 0.15) is 12.8 Å². The molecule has 1 aliphatic rings. The van der Waals surface area contributed by atoms with Gasteiger partial charge in [-0.05, 0) is 49.2 Å². The van der Waals surface area contributed by atoms with Gasteiger partial charge in [-0.3, -0.25) is 4.79 Å². The molecule has 4 rings (SSSR count). The van der Waals surface area contributed by atoms with Crippen LogP contribution in [0.15, 0.2) is 91.0 Å². The van der Waals surface area contributed by atoms with E-state index in [4.69, 9.17) is 4.74 Å². The van der Waals surface area contributed by atoms with Crippen molar-refractivity contribution in [3.63, 3.8) is 0 Å². The first kappa shape index (κ1) is 22.6. The third-order valence-corrected chi connectivity index (χ3v) is 11.1. The molecule has 6 heteroatoms. The summed E-state index contributed by atoms with van der Waals surface area (Å²) in [4.78, 5) is 23.5. The van der Waals surface area contributed by atoms with Gasteiger partial charge in [0.25, 0.3) is 5.24 Å². The minimum absolute atomic E-state index is 0.157. The Bertz CT molecular complexity index is 934. The molecule has 1 heterocycles. The number of hydrogen-bond donors (Lipinski definition) is 1. The molecular weight excluding hydrogens is 437 g/mol. The standard InChI is InChI=1S/C26H26NO3PS/c28-25(24-20-32-26(29)27-24)30-18-10-11-19-31(21-12-4-1-5-13-21,22-14-6-2-7-15-22)23-16-8-3-9-17-23/h1-9,12-17,24H,10-11,18-20H2/p+1/t24-/m0/s1. The lowest BCUT2D eigenvalue weighted by atomic mass is 10.3.